The zero-order valence-corrected chi connectivity index (χ0v) is 13.6. The molecule has 0 atom stereocenters. The minimum atomic E-state index is -0.486. The van der Waals surface area contributed by atoms with Crippen LogP contribution in [0.15, 0.2) is 54.6 Å². The Morgan fingerprint density at radius 3 is 2.16 bits per heavy atom. The highest BCUT2D eigenvalue weighted by molar-refractivity contribution is 6.10. The lowest BCUT2D eigenvalue weighted by molar-refractivity contribution is -0.121. The van der Waals surface area contributed by atoms with Crippen molar-refractivity contribution >= 4 is 23.7 Å². The van der Waals surface area contributed by atoms with Crippen molar-refractivity contribution in [2.75, 3.05) is 7.11 Å². The largest absolute Gasteiger partial charge is 0.508 e. The quantitative estimate of drug-likeness (QED) is 0.615. The molecule has 0 aromatic heterocycles. The van der Waals surface area contributed by atoms with E-state index < -0.39 is 5.82 Å². The van der Waals surface area contributed by atoms with Crippen LogP contribution in [0, 0.1) is 5.82 Å². The molecule has 0 aliphatic rings. The minimum Gasteiger partial charge on any atom is -0.508 e. The van der Waals surface area contributed by atoms with E-state index in [0.29, 0.717) is 5.56 Å². The summed E-state index contributed by atoms with van der Waals surface area (Å²) in [6.07, 6.45) is 5.41. The number of benzene rings is 2. The Morgan fingerprint density at radius 1 is 1.00 bits per heavy atom. The molecule has 0 amide bonds. The molecular formula is C20H17FO4. The van der Waals surface area contributed by atoms with Crippen molar-refractivity contribution in [3.05, 3.63) is 71.6 Å². The highest BCUT2D eigenvalue weighted by Crippen LogP contribution is 2.19. The number of aromatic hydroxyl groups is 1. The van der Waals surface area contributed by atoms with Crippen molar-refractivity contribution < 1.29 is 23.8 Å². The Hall–Kier alpha value is -3.21. The lowest BCUT2D eigenvalue weighted by atomic mass is 10.1. The molecule has 0 aliphatic carbocycles. The molecule has 2 aromatic carbocycles. The summed E-state index contributed by atoms with van der Waals surface area (Å²) >= 11 is 0. The third-order valence-electron chi connectivity index (χ3n) is 3.34. The zero-order valence-electron chi connectivity index (χ0n) is 13.6. The van der Waals surface area contributed by atoms with Crippen LogP contribution in [0.2, 0.25) is 0 Å². The van der Waals surface area contributed by atoms with Gasteiger partial charge in [0.2, 0.25) is 0 Å². The molecule has 0 aliphatic heterocycles. The van der Waals surface area contributed by atoms with Crippen LogP contribution >= 0.6 is 0 Å². The van der Waals surface area contributed by atoms with Crippen molar-refractivity contribution in [1.29, 1.82) is 0 Å². The summed E-state index contributed by atoms with van der Waals surface area (Å²) in [6, 6.07) is 10.5. The first-order valence-corrected chi connectivity index (χ1v) is 7.52. The lowest BCUT2D eigenvalue weighted by Crippen LogP contribution is -2.01. The number of methoxy groups -OCH3 is 1. The monoisotopic (exact) mass is 340 g/mol. The molecule has 25 heavy (non-hydrogen) atoms. The first-order chi connectivity index (χ1) is 12.0. The van der Waals surface area contributed by atoms with Crippen molar-refractivity contribution in [2.45, 2.75) is 6.42 Å². The summed E-state index contributed by atoms with van der Waals surface area (Å²) in [5.74, 6) is -0.952. The first kappa shape index (κ1) is 18.1. The van der Waals surface area contributed by atoms with Gasteiger partial charge in [0.15, 0.2) is 23.1 Å². The Bertz CT molecular complexity index is 820. The Labute approximate surface area is 144 Å². The fraction of sp³-hybridized carbons (Fsp3) is 0.100. The van der Waals surface area contributed by atoms with E-state index in [4.69, 9.17) is 4.74 Å². The average Bonchev–Trinajstić information content (AvgIpc) is 2.60. The third kappa shape index (κ3) is 5.73. The number of ether oxygens (including phenoxy) is 1. The van der Waals surface area contributed by atoms with Crippen LogP contribution in [0.1, 0.15) is 17.5 Å². The predicted molar refractivity (Wildman–Crippen MR) is 93.8 cm³/mol. The highest BCUT2D eigenvalue weighted by Gasteiger charge is 2.05. The van der Waals surface area contributed by atoms with Crippen LogP contribution in [0.5, 0.6) is 11.5 Å². The zero-order chi connectivity index (χ0) is 18.2. The van der Waals surface area contributed by atoms with Gasteiger partial charge in [-0.25, -0.2) is 4.39 Å². The number of carbonyl (C=O) groups is 2. The normalized spacial score (nSPS) is 11.1. The second-order valence-electron chi connectivity index (χ2n) is 5.26. The third-order valence-corrected chi connectivity index (χ3v) is 3.34. The fourth-order valence-corrected chi connectivity index (χ4v) is 2.03. The number of halogens is 1. The summed E-state index contributed by atoms with van der Waals surface area (Å²) in [4.78, 5) is 23.6. The fourth-order valence-electron chi connectivity index (χ4n) is 2.03. The van der Waals surface area contributed by atoms with E-state index in [-0.39, 0.29) is 29.5 Å². The highest BCUT2D eigenvalue weighted by atomic mass is 19.1. The van der Waals surface area contributed by atoms with E-state index in [2.05, 4.69) is 0 Å². The van der Waals surface area contributed by atoms with Crippen LogP contribution in [0.3, 0.4) is 0 Å². The van der Waals surface area contributed by atoms with Crippen LogP contribution in [0.4, 0.5) is 4.39 Å². The standard InChI is InChI=1S/C20H17FO4/c1-25-20-12-15(6-11-19(20)21)5-10-18(24)13-17(23)9-4-14-2-7-16(22)8-3-14/h2-12,22H,13H2,1H3. The molecule has 2 aromatic rings. The Morgan fingerprint density at radius 2 is 1.56 bits per heavy atom. The molecule has 0 unspecified atom stereocenters. The van der Waals surface area contributed by atoms with Gasteiger partial charge in [-0.1, -0.05) is 30.4 Å². The van der Waals surface area contributed by atoms with Gasteiger partial charge < -0.3 is 9.84 Å². The topological polar surface area (TPSA) is 63.6 Å². The maximum atomic E-state index is 13.3. The van der Waals surface area contributed by atoms with E-state index >= 15 is 0 Å². The number of phenolic OH excluding ortho intramolecular Hbond substituents is 1. The molecule has 0 saturated carbocycles. The number of ketones is 2. The van der Waals surface area contributed by atoms with Gasteiger partial charge in [0, 0.05) is 0 Å². The number of carbonyl (C=O) groups excluding carboxylic acids is 2. The minimum absolute atomic E-state index is 0.0857. The second kappa shape index (κ2) is 8.59. The molecule has 0 saturated heterocycles. The van der Waals surface area contributed by atoms with E-state index in [1.54, 1.807) is 18.2 Å². The summed E-state index contributed by atoms with van der Waals surface area (Å²) in [7, 11) is 1.36. The summed E-state index contributed by atoms with van der Waals surface area (Å²) < 4.78 is 18.2. The molecule has 0 bridgehead atoms. The molecular weight excluding hydrogens is 323 g/mol. The average molecular weight is 340 g/mol. The van der Waals surface area contributed by atoms with Crippen LogP contribution in [0.25, 0.3) is 12.2 Å². The Kier molecular flexibility index (Phi) is 6.23. The van der Waals surface area contributed by atoms with E-state index in [0.717, 1.165) is 5.56 Å². The summed E-state index contributed by atoms with van der Waals surface area (Å²) in [5.41, 5.74) is 1.34. The molecule has 5 heteroatoms. The SMILES string of the molecule is COc1cc(C=CC(=O)CC(=O)C=Cc2ccc(O)cc2)ccc1F. The van der Waals surface area contributed by atoms with Gasteiger partial charge in [-0.2, -0.15) is 0 Å². The van der Waals surface area contributed by atoms with E-state index in [9.17, 15) is 19.1 Å². The lowest BCUT2D eigenvalue weighted by Gasteiger charge is -2.02. The van der Waals surface area contributed by atoms with E-state index in [1.807, 2.05) is 0 Å². The van der Waals surface area contributed by atoms with Crippen molar-refractivity contribution in [2.24, 2.45) is 0 Å². The summed E-state index contributed by atoms with van der Waals surface area (Å²) in [5, 5.41) is 9.18. The maximum Gasteiger partial charge on any atom is 0.165 e. The van der Waals surface area contributed by atoms with Gasteiger partial charge in [0.25, 0.3) is 0 Å². The number of allylic oxidation sites excluding steroid dienone is 2. The smallest absolute Gasteiger partial charge is 0.165 e. The van der Waals surface area contributed by atoms with Gasteiger partial charge >= 0.3 is 0 Å². The predicted octanol–water partition coefficient (Wildman–Crippen LogP) is 3.79. The first-order valence-electron chi connectivity index (χ1n) is 7.52. The molecule has 1 N–H and O–H groups in total. The van der Waals surface area contributed by atoms with Gasteiger partial charge in [0.05, 0.1) is 13.5 Å². The summed E-state index contributed by atoms with van der Waals surface area (Å²) in [6.45, 7) is 0. The van der Waals surface area contributed by atoms with Crippen LogP contribution < -0.4 is 4.74 Å². The van der Waals surface area contributed by atoms with Crippen LogP contribution in [-0.4, -0.2) is 23.8 Å². The van der Waals surface area contributed by atoms with Crippen molar-refractivity contribution in [3.63, 3.8) is 0 Å². The molecule has 0 radical (unpaired) electrons. The molecule has 0 spiro atoms. The molecule has 128 valence electrons. The van der Waals surface area contributed by atoms with Crippen LogP contribution in [-0.2, 0) is 9.59 Å². The van der Waals surface area contributed by atoms with Gasteiger partial charge in [-0.15, -0.1) is 0 Å². The number of phenols is 1. The second-order valence-corrected chi connectivity index (χ2v) is 5.26. The number of hydrogen-bond acceptors (Lipinski definition) is 4. The van der Waals surface area contributed by atoms with Gasteiger partial charge in [0.1, 0.15) is 5.75 Å². The number of hydrogen-bond donors (Lipinski definition) is 1. The van der Waals surface area contributed by atoms with Crippen molar-refractivity contribution in [3.8, 4) is 11.5 Å². The van der Waals surface area contributed by atoms with Gasteiger partial charge in [-0.05, 0) is 47.5 Å². The number of rotatable bonds is 7. The molecule has 0 fully saturated rings. The van der Waals surface area contributed by atoms with Gasteiger partial charge in [-0.3, -0.25) is 9.59 Å². The van der Waals surface area contributed by atoms with Crippen molar-refractivity contribution in [1.82, 2.24) is 0 Å². The van der Waals surface area contributed by atoms with E-state index in [1.165, 1.54) is 55.7 Å². The molecule has 2 rings (SSSR count). The molecule has 4 nitrogen and oxygen atoms in total. The maximum absolute atomic E-state index is 13.3. The Balaban J connectivity index is 1.92. The molecule has 0 heterocycles.